The summed E-state index contributed by atoms with van der Waals surface area (Å²) in [5.74, 6) is 0. The molecule has 4 nitrogen and oxygen atoms in total. The van der Waals surface area contributed by atoms with Gasteiger partial charge in [-0.1, -0.05) is 0 Å². The molecule has 0 aliphatic carbocycles. The van der Waals surface area contributed by atoms with Crippen LogP contribution >= 0.6 is 7.60 Å². The molecule has 5 heteroatoms. The molecule has 1 saturated heterocycles. The third-order valence-corrected chi connectivity index (χ3v) is 4.51. The molecule has 1 aliphatic rings. The van der Waals surface area contributed by atoms with Gasteiger partial charge in [0.15, 0.2) is 0 Å². The van der Waals surface area contributed by atoms with Crippen LogP contribution in [0, 0.1) is 0 Å². The van der Waals surface area contributed by atoms with E-state index in [2.05, 4.69) is 0 Å². The Morgan fingerprint density at radius 2 is 2.00 bits per heavy atom. The van der Waals surface area contributed by atoms with Gasteiger partial charge in [0.05, 0.1) is 25.5 Å². The van der Waals surface area contributed by atoms with E-state index in [-0.39, 0.29) is 6.10 Å². The Labute approximate surface area is 91.8 Å². The summed E-state index contributed by atoms with van der Waals surface area (Å²) in [7, 11) is -2.85. The summed E-state index contributed by atoms with van der Waals surface area (Å²) in [5, 5.41) is 0. The lowest BCUT2D eigenvalue weighted by atomic mass is 10.2. The predicted octanol–water partition coefficient (Wildman–Crippen LogP) is 2.82. The first-order chi connectivity index (χ1) is 7.20. The molecule has 0 N–H and O–H groups in total. The Hall–Kier alpha value is 0.110. The normalized spacial score (nSPS) is 22.1. The number of ether oxygens (including phenoxy) is 1. The summed E-state index contributed by atoms with van der Waals surface area (Å²) in [6.07, 6.45) is 3.67. The van der Waals surface area contributed by atoms with Crippen molar-refractivity contribution in [2.75, 3.05) is 26.0 Å². The summed E-state index contributed by atoms with van der Waals surface area (Å²) < 4.78 is 28.0. The van der Waals surface area contributed by atoms with E-state index in [1.165, 1.54) is 0 Å². The van der Waals surface area contributed by atoms with Gasteiger partial charge >= 0.3 is 7.60 Å². The van der Waals surface area contributed by atoms with Gasteiger partial charge in [0, 0.05) is 6.61 Å². The van der Waals surface area contributed by atoms with Crippen molar-refractivity contribution in [2.45, 2.75) is 39.2 Å². The van der Waals surface area contributed by atoms with E-state index in [4.69, 9.17) is 13.8 Å². The molecule has 15 heavy (non-hydrogen) atoms. The topological polar surface area (TPSA) is 44.8 Å². The summed E-state index contributed by atoms with van der Waals surface area (Å²) in [6, 6.07) is 0. The first kappa shape index (κ1) is 13.2. The van der Waals surface area contributed by atoms with Crippen molar-refractivity contribution in [3.63, 3.8) is 0 Å². The molecule has 0 aromatic carbocycles. The van der Waals surface area contributed by atoms with Crippen molar-refractivity contribution in [1.82, 2.24) is 0 Å². The first-order valence-electron chi connectivity index (χ1n) is 5.70. The van der Waals surface area contributed by atoms with E-state index in [0.29, 0.717) is 19.4 Å². The van der Waals surface area contributed by atoms with Gasteiger partial charge in [0.2, 0.25) is 0 Å². The lowest BCUT2D eigenvalue weighted by molar-refractivity contribution is 0.106. The number of hydrogen-bond donors (Lipinski definition) is 0. The average Bonchev–Trinajstić information content (AvgIpc) is 2.68. The van der Waals surface area contributed by atoms with Crippen molar-refractivity contribution in [1.29, 1.82) is 0 Å². The van der Waals surface area contributed by atoms with Gasteiger partial charge in [-0.3, -0.25) is 4.57 Å². The molecule has 1 fully saturated rings. The molecule has 0 bridgehead atoms. The minimum atomic E-state index is -2.85. The number of hydrogen-bond acceptors (Lipinski definition) is 4. The van der Waals surface area contributed by atoms with Crippen molar-refractivity contribution in [3.05, 3.63) is 0 Å². The van der Waals surface area contributed by atoms with Crippen molar-refractivity contribution >= 4 is 7.60 Å². The number of rotatable bonds is 7. The van der Waals surface area contributed by atoms with E-state index in [0.717, 1.165) is 25.9 Å². The molecule has 1 heterocycles. The molecule has 0 radical (unpaired) electrons. The second kappa shape index (κ2) is 6.64. The van der Waals surface area contributed by atoms with E-state index < -0.39 is 7.60 Å². The van der Waals surface area contributed by atoms with Crippen molar-refractivity contribution in [2.24, 2.45) is 0 Å². The second-order valence-corrected chi connectivity index (χ2v) is 5.78. The molecule has 1 unspecified atom stereocenters. The van der Waals surface area contributed by atoms with E-state index in [1.54, 1.807) is 0 Å². The third kappa shape index (κ3) is 4.64. The highest BCUT2D eigenvalue weighted by molar-refractivity contribution is 7.53. The molecule has 0 amide bonds. The van der Waals surface area contributed by atoms with Crippen LogP contribution in [0.5, 0.6) is 0 Å². The maximum Gasteiger partial charge on any atom is 0.330 e. The summed E-state index contributed by atoms with van der Waals surface area (Å²) in [4.78, 5) is 0. The second-order valence-electron chi connectivity index (χ2n) is 3.59. The van der Waals surface area contributed by atoms with E-state index in [9.17, 15) is 4.57 Å². The summed E-state index contributed by atoms with van der Waals surface area (Å²) >= 11 is 0. The van der Waals surface area contributed by atoms with Crippen LogP contribution in [0.4, 0.5) is 0 Å². The molecule has 1 aliphatic heterocycles. The highest BCUT2D eigenvalue weighted by atomic mass is 31.2. The predicted molar refractivity (Wildman–Crippen MR) is 59.3 cm³/mol. The van der Waals surface area contributed by atoms with E-state index >= 15 is 0 Å². The Balaban J connectivity index is 2.32. The molecule has 1 rings (SSSR count). The fraction of sp³-hybridized carbons (Fsp3) is 1.00. The SMILES string of the molecule is CCOP(=O)(CCC1CCCO1)OCC. The Morgan fingerprint density at radius 1 is 1.33 bits per heavy atom. The standard InChI is InChI=1S/C10H21O4P/c1-3-13-15(11,14-4-2)9-7-10-6-5-8-12-10/h10H,3-9H2,1-2H3. The maximum atomic E-state index is 12.1. The zero-order chi connectivity index (χ0) is 11.1. The molecule has 0 spiro atoms. The average molecular weight is 236 g/mol. The Morgan fingerprint density at radius 3 is 2.47 bits per heavy atom. The Kier molecular flexibility index (Phi) is 5.83. The molecule has 90 valence electrons. The minimum Gasteiger partial charge on any atom is -0.378 e. The third-order valence-electron chi connectivity index (χ3n) is 2.40. The summed E-state index contributed by atoms with van der Waals surface area (Å²) in [5.41, 5.74) is 0. The van der Waals surface area contributed by atoms with Crippen LogP contribution in [0.3, 0.4) is 0 Å². The lowest BCUT2D eigenvalue weighted by Crippen LogP contribution is -2.09. The zero-order valence-corrected chi connectivity index (χ0v) is 10.5. The van der Waals surface area contributed by atoms with Crippen LogP contribution in [0.15, 0.2) is 0 Å². The van der Waals surface area contributed by atoms with Gasteiger partial charge in [0.1, 0.15) is 0 Å². The molecule has 1 atom stereocenters. The molecule has 0 aromatic rings. The summed E-state index contributed by atoms with van der Waals surface area (Å²) in [6.45, 7) is 5.36. The van der Waals surface area contributed by atoms with Gasteiger partial charge in [-0.25, -0.2) is 0 Å². The quantitative estimate of drug-likeness (QED) is 0.637. The molecule has 0 saturated carbocycles. The van der Waals surface area contributed by atoms with Crippen LogP contribution in [0.25, 0.3) is 0 Å². The van der Waals surface area contributed by atoms with Crippen LogP contribution < -0.4 is 0 Å². The lowest BCUT2D eigenvalue weighted by Gasteiger charge is -2.18. The molecular formula is C10H21O4P. The van der Waals surface area contributed by atoms with Crippen LogP contribution in [0.1, 0.15) is 33.1 Å². The molecular weight excluding hydrogens is 215 g/mol. The fourth-order valence-electron chi connectivity index (χ4n) is 1.73. The van der Waals surface area contributed by atoms with Crippen molar-refractivity contribution < 1.29 is 18.3 Å². The zero-order valence-electron chi connectivity index (χ0n) is 9.61. The smallest absolute Gasteiger partial charge is 0.330 e. The Bertz CT molecular complexity index is 203. The minimum absolute atomic E-state index is 0.249. The van der Waals surface area contributed by atoms with Gasteiger partial charge in [-0.05, 0) is 33.1 Å². The van der Waals surface area contributed by atoms with Crippen LogP contribution in [-0.2, 0) is 18.3 Å². The maximum absolute atomic E-state index is 12.1. The van der Waals surface area contributed by atoms with Gasteiger partial charge < -0.3 is 13.8 Å². The van der Waals surface area contributed by atoms with Crippen LogP contribution in [-0.4, -0.2) is 32.1 Å². The fourth-order valence-corrected chi connectivity index (χ4v) is 3.46. The molecule has 0 aromatic heterocycles. The first-order valence-corrected chi connectivity index (χ1v) is 7.42. The van der Waals surface area contributed by atoms with Crippen LogP contribution in [0.2, 0.25) is 0 Å². The van der Waals surface area contributed by atoms with Gasteiger partial charge in [0.25, 0.3) is 0 Å². The monoisotopic (exact) mass is 236 g/mol. The highest BCUT2D eigenvalue weighted by Crippen LogP contribution is 2.49. The highest BCUT2D eigenvalue weighted by Gasteiger charge is 2.26. The van der Waals surface area contributed by atoms with Gasteiger partial charge in [-0.15, -0.1) is 0 Å². The largest absolute Gasteiger partial charge is 0.378 e. The van der Waals surface area contributed by atoms with E-state index in [1.807, 2.05) is 13.8 Å². The van der Waals surface area contributed by atoms with Gasteiger partial charge in [-0.2, -0.15) is 0 Å². The van der Waals surface area contributed by atoms with Crippen molar-refractivity contribution in [3.8, 4) is 0 Å².